The molecule has 0 spiro atoms. The summed E-state index contributed by atoms with van der Waals surface area (Å²) in [6.07, 6.45) is 2.44. The van der Waals surface area contributed by atoms with Crippen LogP contribution in [0.4, 0.5) is 5.82 Å². The first-order valence-electron chi connectivity index (χ1n) is 8.19. The molecule has 0 unspecified atom stereocenters. The van der Waals surface area contributed by atoms with Crippen LogP contribution >= 0.6 is 0 Å². The Morgan fingerprint density at radius 1 is 1.24 bits per heavy atom. The quantitative estimate of drug-likeness (QED) is 0.760. The summed E-state index contributed by atoms with van der Waals surface area (Å²) in [5, 5.41) is 5.66. The maximum Gasteiger partial charge on any atom is 0.253 e. The average Bonchev–Trinajstić information content (AvgIpc) is 2.89. The highest BCUT2D eigenvalue weighted by molar-refractivity contribution is 6.05. The summed E-state index contributed by atoms with van der Waals surface area (Å²) in [7, 11) is 0. The number of pyridine rings is 1. The monoisotopic (exact) mass is 335 g/mol. The summed E-state index contributed by atoms with van der Waals surface area (Å²) >= 11 is 0. The highest BCUT2D eigenvalue weighted by Gasteiger charge is 2.21. The molecule has 0 radical (unpaired) electrons. The third kappa shape index (κ3) is 2.96. The molecule has 4 rings (SSSR count). The zero-order chi connectivity index (χ0) is 17.2. The van der Waals surface area contributed by atoms with Gasteiger partial charge in [-0.25, -0.2) is 9.97 Å². The lowest BCUT2D eigenvalue weighted by Crippen LogP contribution is -2.24. The van der Waals surface area contributed by atoms with Crippen LogP contribution in [0, 0.1) is 0 Å². The van der Waals surface area contributed by atoms with Gasteiger partial charge in [-0.05, 0) is 24.3 Å². The summed E-state index contributed by atoms with van der Waals surface area (Å²) in [4.78, 5) is 33.0. The van der Waals surface area contributed by atoms with Crippen molar-refractivity contribution in [2.24, 2.45) is 0 Å². The van der Waals surface area contributed by atoms with Crippen LogP contribution in [0.3, 0.4) is 0 Å². The molecule has 3 aromatic rings. The van der Waals surface area contributed by atoms with Crippen LogP contribution < -0.4 is 10.6 Å². The molecule has 3 heterocycles. The third-order valence-electron chi connectivity index (χ3n) is 4.22. The van der Waals surface area contributed by atoms with Gasteiger partial charge in [0.25, 0.3) is 5.91 Å². The lowest BCUT2D eigenvalue weighted by Gasteiger charge is -2.07. The standard InChI is InChI=1S/C18H17N5O2/c24-16(22-14-6-1-2-9-19-14)8-7-15-21-13-5-3-4-12-17(13)23(15)11-10-20-18(12)25/h1-6,9H,7-8,10-11H2,(H,20,25)(H,19,22,24). The van der Waals surface area contributed by atoms with Crippen molar-refractivity contribution in [3.05, 3.63) is 54.0 Å². The number of benzene rings is 1. The van der Waals surface area contributed by atoms with Crippen LogP contribution in [0.15, 0.2) is 42.6 Å². The van der Waals surface area contributed by atoms with Gasteiger partial charge < -0.3 is 15.2 Å². The summed E-state index contributed by atoms with van der Waals surface area (Å²) < 4.78 is 2.04. The summed E-state index contributed by atoms with van der Waals surface area (Å²) in [5.74, 6) is 1.16. The summed E-state index contributed by atoms with van der Waals surface area (Å²) in [6.45, 7) is 1.20. The van der Waals surface area contributed by atoms with Crippen molar-refractivity contribution < 1.29 is 9.59 Å². The van der Waals surface area contributed by atoms with Crippen molar-refractivity contribution in [1.29, 1.82) is 0 Å². The van der Waals surface area contributed by atoms with Gasteiger partial charge in [0, 0.05) is 32.1 Å². The predicted octanol–water partition coefficient (Wildman–Crippen LogP) is 1.75. The van der Waals surface area contributed by atoms with Gasteiger partial charge in [-0.2, -0.15) is 0 Å². The molecular weight excluding hydrogens is 318 g/mol. The molecule has 126 valence electrons. The molecule has 7 nitrogen and oxygen atoms in total. The molecule has 0 fully saturated rings. The van der Waals surface area contributed by atoms with Gasteiger partial charge in [-0.15, -0.1) is 0 Å². The molecule has 25 heavy (non-hydrogen) atoms. The minimum atomic E-state index is -0.110. The van der Waals surface area contributed by atoms with Gasteiger partial charge in [0.1, 0.15) is 11.6 Å². The van der Waals surface area contributed by atoms with Crippen molar-refractivity contribution in [3.8, 4) is 0 Å². The highest BCUT2D eigenvalue weighted by atomic mass is 16.2. The number of aromatic nitrogens is 3. The van der Waals surface area contributed by atoms with E-state index < -0.39 is 0 Å². The van der Waals surface area contributed by atoms with Gasteiger partial charge in [-0.1, -0.05) is 12.1 Å². The number of aryl methyl sites for hydroxylation is 1. The lowest BCUT2D eigenvalue weighted by atomic mass is 10.2. The number of carbonyl (C=O) groups excluding carboxylic acids is 2. The maximum absolute atomic E-state index is 12.1. The zero-order valence-electron chi connectivity index (χ0n) is 13.5. The first kappa shape index (κ1) is 15.3. The lowest BCUT2D eigenvalue weighted by molar-refractivity contribution is -0.116. The first-order valence-corrected chi connectivity index (χ1v) is 8.19. The van der Waals surface area contributed by atoms with E-state index in [1.165, 1.54) is 0 Å². The maximum atomic E-state index is 12.1. The molecule has 2 aromatic heterocycles. The Bertz CT molecular complexity index is 949. The van der Waals surface area contributed by atoms with E-state index in [2.05, 4.69) is 20.6 Å². The van der Waals surface area contributed by atoms with Crippen molar-refractivity contribution in [1.82, 2.24) is 19.9 Å². The fourth-order valence-electron chi connectivity index (χ4n) is 3.09. The summed E-state index contributed by atoms with van der Waals surface area (Å²) in [5.41, 5.74) is 2.26. The van der Waals surface area contributed by atoms with Gasteiger partial charge in [0.15, 0.2) is 0 Å². The molecule has 0 bridgehead atoms. The van der Waals surface area contributed by atoms with Gasteiger partial charge in [0.05, 0.1) is 16.6 Å². The second-order valence-electron chi connectivity index (χ2n) is 5.87. The van der Waals surface area contributed by atoms with Crippen molar-refractivity contribution in [2.75, 3.05) is 11.9 Å². The Labute approximate surface area is 144 Å². The highest BCUT2D eigenvalue weighted by Crippen LogP contribution is 2.23. The molecule has 0 atom stereocenters. The van der Waals surface area contributed by atoms with Crippen molar-refractivity contribution in [2.45, 2.75) is 19.4 Å². The average molecular weight is 335 g/mol. The van der Waals surface area contributed by atoms with Gasteiger partial charge >= 0.3 is 0 Å². The third-order valence-corrected chi connectivity index (χ3v) is 4.22. The molecule has 1 aliphatic rings. The Morgan fingerprint density at radius 2 is 2.16 bits per heavy atom. The van der Waals surface area contributed by atoms with E-state index in [1.807, 2.05) is 22.8 Å². The Kier molecular flexibility index (Phi) is 3.89. The van der Waals surface area contributed by atoms with Crippen molar-refractivity contribution in [3.63, 3.8) is 0 Å². The Balaban J connectivity index is 1.56. The molecule has 2 N–H and O–H groups in total. The van der Waals surface area contributed by atoms with E-state index in [0.717, 1.165) is 16.9 Å². The zero-order valence-corrected chi connectivity index (χ0v) is 13.5. The smallest absolute Gasteiger partial charge is 0.253 e. The minimum absolute atomic E-state index is 0.0799. The number of nitrogens with one attached hydrogen (secondary N) is 2. The van der Waals surface area contributed by atoms with E-state index in [9.17, 15) is 9.59 Å². The van der Waals surface area contributed by atoms with Crippen LogP contribution in [0.1, 0.15) is 22.6 Å². The van der Waals surface area contributed by atoms with E-state index in [1.54, 1.807) is 24.4 Å². The number of anilines is 1. The van der Waals surface area contributed by atoms with Crippen LogP contribution in [0.2, 0.25) is 0 Å². The van der Waals surface area contributed by atoms with E-state index >= 15 is 0 Å². The van der Waals surface area contributed by atoms with Gasteiger partial charge in [0.2, 0.25) is 5.91 Å². The van der Waals surface area contributed by atoms with Crippen molar-refractivity contribution >= 4 is 28.7 Å². The number of rotatable bonds is 4. The first-order chi connectivity index (χ1) is 12.2. The SMILES string of the molecule is O=C(CCc1nc2cccc3c2n1CCNC3=O)Nc1ccccn1. The minimum Gasteiger partial charge on any atom is -0.350 e. The topological polar surface area (TPSA) is 88.9 Å². The largest absolute Gasteiger partial charge is 0.350 e. The van der Waals surface area contributed by atoms with E-state index in [4.69, 9.17) is 0 Å². The Morgan fingerprint density at radius 3 is 3.00 bits per heavy atom. The number of imidazole rings is 1. The van der Waals surface area contributed by atoms with E-state index in [-0.39, 0.29) is 11.8 Å². The number of carbonyl (C=O) groups is 2. The summed E-state index contributed by atoms with van der Waals surface area (Å²) in [6, 6.07) is 10.9. The van der Waals surface area contributed by atoms with Crippen LogP contribution in [-0.4, -0.2) is 32.9 Å². The van der Waals surface area contributed by atoms with E-state index in [0.29, 0.717) is 37.3 Å². The predicted molar refractivity (Wildman–Crippen MR) is 93.3 cm³/mol. The molecule has 2 amide bonds. The fourth-order valence-corrected chi connectivity index (χ4v) is 3.09. The normalized spacial score (nSPS) is 13.4. The second-order valence-corrected chi connectivity index (χ2v) is 5.87. The van der Waals surface area contributed by atoms with Crippen LogP contribution in [-0.2, 0) is 17.8 Å². The molecule has 1 aromatic carbocycles. The fraction of sp³-hybridized carbons (Fsp3) is 0.222. The Hall–Kier alpha value is -3.22. The van der Waals surface area contributed by atoms with Crippen LogP contribution in [0.25, 0.3) is 11.0 Å². The molecule has 0 saturated carbocycles. The molecule has 0 saturated heterocycles. The molecular formula is C18H17N5O2. The number of para-hydroxylation sites is 1. The number of amides is 2. The van der Waals surface area contributed by atoms with Gasteiger partial charge in [-0.3, -0.25) is 9.59 Å². The molecule has 0 aliphatic carbocycles. The molecule has 7 heteroatoms. The molecule has 1 aliphatic heterocycles. The number of hydrogen-bond acceptors (Lipinski definition) is 4. The number of hydrogen-bond donors (Lipinski definition) is 2. The van der Waals surface area contributed by atoms with Crippen LogP contribution in [0.5, 0.6) is 0 Å². The number of nitrogens with zero attached hydrogens (tertiary/aromatic N) is 3. The second kappa shape index (κ2) is 6.35.